The molecule has 15 rings (SSSR count). The highest BCUT2D eigenvalue weighted by atomic mass is 15.2. The molecule has 0 fully saturated rings. The summed E-state index contributed by atoms with van der Waals surface area (Å²) >= 11 is 0. The van der Waals surface area contributed by atoms with Crippen LogP contribution < -0.4 is 19.6 Å². The Labute approximate surface area is 449 Å². The number of allylic oxidation sites excluding steroid dienone is 3. The lowest BCUT2D eigenvalue weighted by Crippen LogP contribution is -2.30. The minimum atomic E-state index is 0.0192. The molecule has 4 atom stereocenters. The lowest BCUT2D eigenvalue weighted by atomic mass is 9.89. The summed E-state index contributed by atoms with van der Waals surface area (Å²) in [5.74, 6) is 0.245. The topological polar surface area (TPSA) is 17.9 Å². The lowest BCUT2D eigenvalue weighted by molar-refractivity contribution is 0.736. The molecule has 77 heavy (non-hydrogen) atoms. The van der Waals surface area contributed by atoms with Gasteiger partial charge in [-0.05, 0) is 150 Å². The summed E-state index contributed by atoms with van der Waals surface area (Å²) in [5.41, 5.74) is 20.1. The van der Waals surface area contributed by atoms with Gasteiger partial charge in [-0.25, -0.2) is 0 Å². The van der Waals surface area contributed by atoms with Crippen molar-refractivity contribution in [1.29, 1.82) is 0 Å². The first-order valence-electron chi connectivity index (χ1n) is 26.8. The second-order valence-corrected chi connectivity index (χ2v) is 20.5. The molecule has 2 aliphatic carbocycles. The van der Waals surface area contributed by atoms with Crippen LogP contribution in [0.4, 0.5) is 51.2 Å². The van der Waals surface area contributed by atoms with Crippen molar-refractivity contribution in [3.05, 3.63) is 314 Å². The predicted octanol–water partition coefficient (Wildman–Crippen LogP) is 18.5. The fourth-order valence-electron chi connectivity index (χ4n) is 12.8. The Bertz CT molecular complexity index is 4120. The van der Waals surface area contributed by atoms with E-state index in [9.17, 15) is 0 Å². The summed E-state index contributed by atoms with van der Waals surface area (Å²) in [6, 6.07) is 93.4. The molecule has 366 valence electrons. The van der Waals surface area contributed by atoms with Gasteiger partial charge in [0.15, 0.2) is 0 Å². The molecule has 2 aliphatic heterocycles. The van der Waals surface area contributed by atoms with Gasteiger partial charge in [0, 0.05) is 85.2 Å². The highest BCUT2D eigenvalue weighted by molar-refractivity contribution is 6.10. The van der Waals surface area contributed by atoms with Crippen molar-refractivity contribution >= 4 is 73.0 Å². The summed E-state index contributed by atoms with van der Waals surface area (Å²) in [6.45, 7) is 0. The van der Waals surface area contributed by atoms with Gasteiger partial charge in [-0.2, -0.15) is 0 Å². The molecular weight excluding hydrogens is 935 g/mol. The Kier molecular flexibility index (Phi) is 10.7. The zero-order chi connectivity index (χ0) is 50.8. The first kappa shape index (κ1) is 44.6. The SMILES string of the molecule is C1=CC2c3cc(N(c4ccccc4)c4ccc5c(c4)C4C=C(N(c6ccccc6)c6ccc7c(c6)c6ccccc6n7-c6ccccc6)C=CC4N5c4ccc(-c5ccccc5)cc4)ccc3N(c3ccccc3)C2C=C1. The van der Waals surface area contributed by atoms with Gasteiger partial charge in [-0.15, -0.1) is 0 Å². The van der Waals surface area contributed by atoms with Crippen molar-refractivity contribution in [2.45, 2.75) is 23.9 Å². The van der Waals surface area contributed by atoms with E-state index in [0.29, 0.717) is 0 Å². The van der Waals surface area contributed by atoms with Gasteiger partial charge in [0.25, 0.3) is 0 Å². The van der Waals surface area contributed by atoms with Crippen LogP contribution in [0.1, 0.15) is 23.0 Å². The van der Waals surface area contributed by atoms with E-state index < -0.39 is 0 Å². The standard InChI is InChI=1S/C72H53N5/c1-6-20-50(21-7-1)51-34-36-56(37-35-51)77-71-44-40-59(73(52-22-8-2-9-23-52)57-38-42-69-63(46-57)61-30-16-18-32-67(61)75(69)54-26-12-4-13-27-54)48-65(71)66-49-60(41-45-72(66)77)74(53-24-10-3-11-25-53)58-39-43-70-64(47-58)62-31-17-19-33-68(62)76(70)55-28-14-5-15-29-55/h1-49,61,66-67,72H. The maximum absolute atomic E-state index is 2.56. The van der Waals surface area contributed by atoms with Crippen LogP contribution in [0.25, 0.3) is 38.6 Å². The van der Waals surface area contributed by atoms with Crippen molar-refractivity contribution in [2.75, 3.05) is 19.6 Å². The number of para-hydroxylation sites is 5. The Morgan fingerprint density at radius 3 is 1.49 bits per heavy atom. The summed E-state index contributed by atoms with van der Waals surface area (Å²) in [4.78, 5) is 9.97. The number of aromatic nitrogens is 1. The Hall–Kier alpha value is -9.84. The Morgan fingerprint density at radius 1 is 0.325 bits per heavy atom. The predicted molar refractivity (Wildman–Crippen MR) is 322 cm³/mol. The van der Waals surface area contributed by atoms with E-state index in [1.807, 2.05) is 0 Å². The second-order valence-electron chi connectivity index (χ2n) is 20.5. The molecule has 0 spiro atoms. The highest BCUT2D eigenvalue weighted by Gasteiger charge is 2.41. The number of rotatable bonds is 10. The number of hydrogen-bond donors (Lipinski definition) is 0. The van der Waals surface area contributed by atoms with Crippen LogP contribution in [-0.2, 0) is 0 Å². The zero-order valence-corrected chi connectivity index (χ0v) is 42.3. The van der Waals surface area contributed by atoms with Crippen molar-refractivity contribution in [1.82, 2.24) is 4.57 Å². The second kappa shape index (κ2) is 18.5. The molecule has 0 N–H and O–H groups in total. The molecule has 0 radical (unpaired) electrons. The first-order chi connectivity index (χ1) is 38.2. The van der Waals surface area contributed by atoms with Crippen LogP contribution in [0.3, 0.4) is 0 Å². The maximum atomic E-state index is 2.56. The van der Waals surface area contributed by atoms with Crippen LogP contribution in [-0.4, -0.2) is 16.7 Å². The average Bonchev–Trinajstić information content (AvgIpc) is 4.32. The highest BCUT2D eigenvalue weighted by Crippen LogP contribution is 2.54. The quantitative estimate of drug-likeness (QED) is 0.136. The fraction of sp³-hybridized carbons (Fsp3) is 0.0556. The molecular formula is C72H53N5. The molecule has 5 heteroatoms. The third kappa shape index (κ3) is 7.53. The minimum Gasteiger partial charge on any atom is -0.333 e. The summed E-state index contributed by atoms with van der Waals surface area (Å²) in [7, 11) is 0. The average molecular weight is 988 g/mol. The molecule has 0 saturated carbocycles. The largest absolute Gasteiger partial charge is 0.333 e. The molecule has 0 bridgehead atoms. The van der Waals surface area contributed by atoms with Crippen LogP contribution in [0, 0.1) is 0 Å². The van der Waals surface area contributed by atoms with Crippen molar-refractivity contribution in [2.24, 2.45) is 0 Å². The van der Waals surface area contributed by atoms with Crippen LogP contribution in [0.15, 0.2) is 303 Å². The Balaban J connectivity index is 0.882. The van der Waals surface area contributed by atoms with Gasteiger partial charge in [0.05, 0.1) is 23.1 Å². The summed E-state index contributed by atoms with van der Waals surface area (Å²) in [6.07, 6.45) is 16.5. The number of anilines is 9. The van der Waals surface area contributed by atoms with Crippen molar-refractivity contribution < 1.29 is 0 Å². The van der Waals surface area contributed by atoms with Gasteiger partial charge in [-0.3, -0.25) is 0 Å². The molecule has 0 amide bonds. The summed E-state index contributed by atoms with van der Waals surface area (Å²) in [5, 5.41) is 2.45. The van der Waals surface area contributed by atoms with Crippen LogP contribution in [0.5, 0.6) is 0 Å². The van der Waals surface area contributed by atoms with Crippen LogP contribution in [0.2, 0.25) is 0 Å². The Morgan fingerprint density at radius 2 is 0.818 bits per heavy atom. The lowest BCUT2D eigenvalue weighted by Gasteiger charge is -2.33. The third-order valence-corrected chi connectivity index (χ3v) is 16.2. The van der Waals surface area contributed by atoms with E-state index in [4.69, 9.17) is 0 Å². The van der Waals surface area contributed by atoms with E-state index in [1.165, 1.54) is 66.8 Å². The smallest absolute Gasteiger partial charge is 0.0631 e. The molecule has 3 heterocycles. The normalized spacial score (nSPS) is 17.7. The van der Waals surface area contributed by atoms with Gasteiger partial charge < -0.3 is 24.2 Å². The van der Waals surface area contributed by atoms with Crippen molar-refractivity contribution in [3.8, 4) is 16.8 Å². The van der Waals surface area contributed by atoms with E-state index in [-0.39, 0.29) is 23.9 Å². The fourth-order valence-corrected chi connectivity index (χ4v) is 12.8. The van der Waals surface area contributed by atoms with E-state index in [1.54, 1.807) is 0 Å². The number of nitrogens with zero attached hydrogens (tertiary/aromatic N) is 5. The van der Waals surface area contributed by atoms with E-state index >= 15 is 0 Å². The number of hydrogen-bond acceptors (Lipinski definition) is 4. The molecule has 10 aromatic carbocycles. The van der Waals surface area contributed by atoms with Gasteiger partial charge in [-0.1, -0.05) is 170 Å². The van der Waals surface area contributed by atoms with Gasteiger partial charge in [0.1, 0.15) is 0 Å². The van der Waals surface area contributed by atoms with E-state index in [2.05, 4.69) is 321 Å². The maximum Gasteiger partial charge on any atom is 0.0631 e. The molecule has 4 aliphatic rings. The molecule has 11 aromatic rings. The molecule has 1 aromatic heterocycles. The summed E-state index contributed by atoms with van der Waals surface area (Å²) < 4.78 is 2.39. The molecule has 5 nitrogen and oxygen atoms in total. The first-order valence-corrected chi connectivity index (χ1v) is 26.8. The third-order valence-electron chi connectivity index (χ3n) is 16.2. The van der Waals surface area contributed by atoms with Crippen LogP contribution >= 0.6 is 0 Å². The minimum absolute atomic E-state index is 0.0192. The monoisotopic (exact) mass is 987 g/mol. The molecule has 4 unspecified atom stereocenters. The van der Waals surface area contributed by atoms with Crippen molar-refractivity contribution in [3.63, 3.8) is 0 Å². The molecule has 0 saturated heterocycles. The zero-order valence-electron chi connectivity index (χ0n) is 42.3. The number of benzene rings is 10. The van der Waals surface area contributed by atoms with Gasteiger partial charge >= 0.3 is 0 Å². The van der Waals surface area contributed by atoms with E-state index in [0.717, 1.165) is 39.8 Å². The number of fused-ring (bicyclic) bond motifs is 9. The van der Waals surface area contributed by atoms with Gasteiger partial charge in [0.2, 0.25) is 0 Å².